The molecule has 0 aromatic carbocycles. The van der Waals surface area contributed by atoms with Gasteiger partial charge in [0.25, 0.3) is 0 Å². The van der Waals surface area contributed by atoms with E-state index in [1.807, 2.05) is 18.5 Å². The summed E-state index contributed by atoms with van der Waals surface area (Å²) in [6, 6.07) is 0. The van der Waals surface area contributed by atoms with Crippen molar-refractivity contribution in [2.45, 2.75) is 11.3 Å². The summed E-state index contributed by atoms with van der Waals surface area (Å²) >= 11 is 3.41. The number of thioether (sulfide) groups is 1. The lowest BCUT2D eigenvalue weighted by Gasteiger charge is -2.15. The van der Waals surface area contributed by atoms with Crippen LogP contribution in [0.15, 0.2) is 15.9 Å². The summed E-state index contributed by atoms with van der Waals surface area (Å²) in [5.74, 6) is 0.987. The van der Waals surface area contributed by atoms with E-state index >= 15 is 0 Å². The standard InChI is InChI=1S/C7H12BN3S2/c1-2-11(8)10-4-6-13-7-9-3-5-12-7/h3,5,10H,2,4,6H2,1H3. The maximum Gasteiger partial charge on any atom is 0.206 e. The van der Waals surface area contributed by atoms with Crippen molar-refractivity contribution in [2.75, 3.05) is 18.8 Å². The lowest BCUT2D eigenvalue weighted by molar-refractivity contribution is 0.363. The minimum atomic E-state index is 0.807. The van der Waals surface area contributed by atoms with Crippen LogP contribution in [0.1, 0.15) is 6.92 Å². The third kappa shape index (κ3) is 4.66. The third-order valence-corrected chi connectivity index (χ3v) is 3.36. The summed E-state index contributed by atoms with van der Waals surface area (Å²) in [6.45, 7) is 3.68. The van der Waals surface area contributed by atoms with Crippen LogP contribution in [0.25, 0.3) is 0 Å². The third-order valence-electron chi connectivity index (χ3n) is 1.39. The van der Waals surface area contributed by atoms with Crippen LogP contribution in [0.2, 0.25) is 0 Å². The Morgan fingerprint density at radius 1 is 1.77 bits per heavy atom. The van der Waals surface area contributed by atoms with Crippen molar-refractivity contribution < 1.29 is 0 Å². The van der Waals surface area contributed by atoms with Gasteiger partial charge >= 0.3 is 0 Å². The number of rotatable bonds is 6. The maximum atomic E-state index is 5.53. The normalized spacial score (nSPS) is 10.9. The molecule has 1 aromatic rings. The largest absolute Gasteiger partial charge is 0.298 e. The lowest BCUT2D eigenvalue weighted by atomic mass is 10.4. The Bertz CT molecular complexity index is 218. The summed E-state index contributed by atoms with van der Waals surface area (Å²) in [5, 5.41) is 1.98. The number of hydrogen-bond acceptors (Lipinski definition) is 5. The van der Waals surface area contributed by atoms with Crippen molar-refractivity contribution >= 4 is 31.1 Å². The molecule has 0 saturated carbocycles. The molecule has 1 N–H and O–H groups in total. The molecule has 0 saturated heterocycles. The van der Waals surface area contributed by atoms with Crippen LogP contribution in [0.4, 0.5) is 0 Å². The molecule has 0 atom stereocenters. The van der Waals surface area contributed by atoms with Gasteiger partial charge in [-0.15, -0.1) is 11.3 Å². The summed E-state index contributed by atoms with van der Waals surface area (Å²) < 4.78 is 1.11. The Morgan fingerprint density at radius 2 is 2.62 bits per heavy atom. The molecule has 0 bridgehead atoms. The number of hydrogen-bond donors (Lipinski definition) is 1. The van der Waals surface area contributed by atoms with Crippen LogP contribution in [-0.4, -0.2) is 36.7 Å². The molecule has 0 aliphatic carbocycles. The fourth-order valence-corrected chi connectivity index (χ4v) is 2.27. The first kappa shape index (κ1) is 11.0. The number of thiazole rings is 1. The molecule has 6 heteroatoms. The van der Waals surface area contributed by atoms with Crippen LogP contribution in [0, 0.1) is 0 Å². The van der Waals surface area contributed by atoms with Crippen molar-refractivity contribution in [2.24, 2.45) is 0 Å². The Labute approximate surface area is 88.3 Å². The molecule has 1 rings (SSSR count). The minimum absolute atomic E-state index is 0.807. The summed E-state index contributed by atoms with van der Waals surface area (Å²) in [6.07, 6.45) is 1.82. The molecule has 1 heterocycles. The quantitative estimate of drug-likeness (QED) is 0.332. The Morgan fingerprint density at radius 3 is 3.23 bits per heavy atom. The van der Waals surface area contributed by atoms with E-state index in [0.29, 0.717) is 0 Å². The SMILES string of the molecule is [B]N(CC)NCCSc1nccs1. The molecule has 2 radical (unpaired) electrons. The van der Waals surface area contributed by atoms with Gasteiger partial charge in [-0.25, -0.2) is 4.98 Å². The lowest BCUT2D eigenvalue weighted by Crippen LogP contribution is -2.36. The molecule has 0 unspecified atom stereocenters. The van der Waals surface area contributed by atoms with Gasteiger partial charge in [0.15, 0.2) is 0 Å². The first-order valence-electron chi connectivity index (χ1n) is 4.11. The number of nitrogens with one attached hydrogen (secondary N) is 1. The van der Waals surface area contributed by atoms with Crippen molar-refractivity contribution in [3.63, 3.8) is 0 Å². The molecule has 3 nitrogen and oxygen atoms in total. The van der Waals surface area contributed by atoms with Gasteiger partial charge in [-0.3, -0.25) is 10.3 Å². The molecule has 0 aliphatic heterocycles. The van der Waals surface area contributed by atoms with Gasteiger partial charge in [0.05, 0.1) is 0 Å². The summed E-state index contributed by atoms with van der Waals surface area (Å²) in [5.41, 5.74) is 3.06. The molecular weight excluding hydrogens is 201 g/mol. The zero-order valence-corrected chi connectivity index (χ0v) is 9.20. The van der Waals surface area contributed by atoms with Crippen molar-refractivity contribution in [3.05, 3.63) is 11.6 Å². The highest BCUT2D eigenvalue weighted by Gasteiger charge is 1.96. The topological polar surface area (TPSA) is 28.2 Å². The van der Waals surface area contributed by atoms with Gasteiger partial charge in [0.1, 0.15) is 4.34 Å². The van der Waals surface area contributed by atoms with Crippen LogP contribution >= 0.6 is 23.1 Å². The predicted molar refractivity (Wildman–Crippen MR) is 59.0 cm³/mol. The number of nitrogens with zero attached hydrogens (tertiary/aromatic N) is 2. The molecule has 13 heavy (non-hydrogen) atoms. The van der Waals surface area contributed by atoms with Gasteiger partial charge in [0, 0.05) is 23.9 Å². The van der Waals surface area contributed by atoms with Crippen molar-refractivity contribution in [1.82, 2.24) is 15.3 Å². The maximum absolute atomic E-state index is 5.53. The fourth-order valence-electron chi connectivity index (χ4n) is 0.721. The molecule has 70 valence electrons. The van der Waals surface area contributed by atoms with E-state index in [1.54, 1.807) is 28.0 Å². The van der Waals surface area contributed by atoms with Gasteiger partial charge in [-0.05, 0) is 6.54 Å². The monoisotopic (exact) mass is 213 g/mol. The summed E-state index contributed by atoms with van der Waals surface area (Å²) in [7, 11) is 5.53. The number of hydrazine groups is 1. The van der Waals surface area contributed by atoms with E-state index < -0.39 is 0 Å². The first-order chi connectivity index (χ1) is 6.33. The van der Waals surface area contributed by atoms with Crippen LogP contribution < -0.4 is 5.43 Å². The second-order valence-electron chi connectivity index (χ2n) is 2.34. The van der Waals surface area contributed by atoms with E-state index in [9.17, 15) is 0 Å². The van der Waals surface area contributed by atoms with Gasteiger partial charge in [-0.2, -0.15) is 0 Å². The molecule has 0 aliphatic rings. The Hall–Kier alpha value is -0.0351. The second kappa shape index (κ2) is 6.42. The highest BCUT2D eigenvalue weighted by Crippen LogP contribution is 2.18. The van der Waals surface area contributed by atoms with E-state index in [1.165, 1.54) is 0 Å². The number of aromatic nitrogens is 1. The first-order valence-corrected chi connectivity index (χ1v) is 5.97. The minimum Gasteiger partial charge on any atom is -0.298 e. The Balaban J connectivity index is 2.02. The zero-order chi connectivity index (χ0) is 9.52. The van der Waals surface area contributed by atoms with E-state index in [2.05, 4.69) is 10.4 Å². The van der Waals surface area contributed by atoms with Crippen LogP contribution in [0.5, 0.6) is 0 Å². The molecule has 0 spiro atoms. The Kier molecular flexibility index (Phi) is 5.46. The van der Waals surface area contributed by atoms with Gasteiger partial charge < -0.3 is 0 Å². The van der Waals surface area contributed by atoms with E-state index in [4.69, 9.17) is 7.98 Å². The van der Waals surface area contributed by atoms with Gasteiger partial charge in [-0.1, -0.05) is 18.7 Å². The van der Waals surface area contributed by atoms with Crippen molar-refractivity contribution in [3.8, 4) is 0 Å². The van der Waals surface area contributed by atoms with Crippen molar-refractivity contribution in [1.29, 1.82) is 0 Å². The fraction of sp³-hybridized carbons (Fsp3) is 0.571. The smallest absolute Gasteiger partial charge is 0.206 e. The van der Waals surface area contributed by atoms with E-state index in [-0.39, 0.29) is 0 Å². The second-order valence-corrected chi connectivity index (χ2v) is 4.58. The average Bonchev–Trinajstić information content (AvgIpc) is 2.64. The highest BCUT2D eigenvalue weighted by atomic mass is 32.2. The van der Waals surface area contributed by atoms with Crippen LogP contribution in [-0.2, 0) is 0 Å². The van der Waals surface area contributed by atoms with Crippen LogP contribution in [0.3, 0.4) is 0 Å². The summed E-state index contributed by atoms with van der Waals surface area (Å²) in [4.78, 5) is 5.75. The zero-order valence-electron chi connectivity index (χ0n) is 7.56. The average molecular weight is 213 g/mol. The van der Waals surface area contributed by atoms with Gasteiger partial charge in [0.2, 0.25) is 7.98 Å². The molecule has 1 aromatic heterocycles. The predicted octanol–water partition coefficient (Wildman–Crippen LogP) is 1.15. The highest BCUT2D eigenvalue weighted by molar-refractivity contribution is 8.01. The van der Waals surface area contributed by atoms with E-state index in [0.717, 1.165) is 23.2 Å². The molecule has 0 fully saturated rings. The molecular formula is C7H12BN3S2. The molecule has 0 amide bonds.